The number of hydrogen-bond acceptors (Lipinski definition) is 3. The lowest BCUT2D eigenvalue weighted by molar-refractivity contribution is -0.138. The van der Waals surface area contributed by atoms with Crippen LogP contribution in [0.4, 0.5) is 4.79 Å². The van der Waals surface area contributed by atoms with E-state index in [2.05, 4.69) is 10.6 Å². The molecule has 0 saturated carbocycles. The molecular formula is C8H17N3O3. The molecule has 1 atom stereocenters. The van der Waals surface area contributed by atoms with E-state index in [0.29, 0.717) is 19.4 Å². The Kier molecular flexibility index (Phi) is 6.47. The summed E-state index contributed by atoms with van der Waals surface area (Å²) in [5, 5.41) is 13.5. The molecule has 0 radical (unpaired) electrons. The Balaban J connectivity index is 3.30. The lowest BCUT2D eigenvalue weighted by Gasteiger charge is -2.06. The van der Waals surface area contributed by atoms with Crippen LogP contribution in [0.3, 0.4) is 0 Å². The van der Waals surface area contributed by atoms with Crippen LogP contribution in [0.5, 0.6) is 0 Å². The van der Waals surface area contributed by atoms with Crippen LogP contribution in [0.15, 0.2) is 0 Å². The van der Waals surface area contributed by atoms with E-state index < -0.39 is 12.0 Å². The van der Waals surface area contributed by atoms with Gasteiger partial charge in [0.1, 0.15) is 6.04 Å². The van der Waals surface area contributed by atoms with Crippen LogP contribution in [0.2, 0.25) is 0 Å². The molecule has 0 aliphatic rings. The third-order valence-electron chi connectivity index (χ3n) is 1.77. The number of aliphatic carboxylic acids is 1. The van der Waals surface area contributed by atoms with E-state index in [9.17, 15) is 9.59 Å². The van der Waals surface area contributed by atoms with E-state index in [1.807, 2.05) is 0 Å². The molecule has 5 N–H and O–H groups in total. The number of unbranched alkanes of at least 4 members (excludes halogenated alkanes) is 1. The average Bonchev–Trinajstić information content (AvgIpc) is 2.16. The lowest BCUT2D eigenvalue weighted by atomic mass is 10.1. The highest BCUT2D eigenvalue weighted by Crippen LogP contribution is 1.97. The van der Waals surface area contributed by atoms with Crippen molar-refractivity contribution >= 4 is 12.0 Å². The van der Waals surface area contributed by atoms with Crippen LogP contribution >= 0.6 is 0 Å². The van der Waals surface area contributed by atoms with Gasteiger partial charge in [0.2, 0.25) is 0 Å². The molecule has 82 valence electrons. The van der Waals surface area contributed by atoms with Gasteiger partial charge in [-0.25, -0.2) is 4.79 Å². The summed E-state index contributed by atoms with van der Waals surface area (Å²) >= 11 is 0. The summed E-state index contributed by atoms with van der Waals surface area (Å²) in [4.78, 5) is 21.0. The van der Waals surface area contributed by atoms with E-state index in [1.165, 1.54) is 7.05 Å². The molecule has 2 amide bonds. The first-order valence-corrected chi connectivity index (χ1v) is 4.52. The van der Waals surface area contributed by atoms with E-state index in [1.54, 1.807) is 0 Å². The zero-order valence-electron chi connectivity index (χ0n) is 8.25. The van der Waals surface area contributed by atoms with Crippen molar-refractivity contribution in [1.29, 1.82) is 0 Å². The summed E-state index contributed by atoms with van der Waals surface area (Å²) in [5.41, 5.74) is 5.29. The van der Waals surface area contributed by atoms with Crippen LogP contribution in [0, 0.1) is 0 Å². The van der Waals surface area contributed by atoms with Crippen molar-refractivity contribution in [2.75, 3.05) is 13.6 Å². The second-order valence-electron chi connectivity index (χ2n) is 2.95. The standard InChI is InChI=1S/C8H17N3O3/c1-10-8(14)11-5-3-2-4-6(9)7(12)13/h6H,2-5,9H2,1H3,(H,12,13)(H2,10,11,14)/t6-/m0/s1. The molecule has 0 aliphatic carbocycles. The van der Waals surface area contributed by atoms with Gasteiger partial charge in [-0.05, 0) is 19.3 Å². The topological polar surface area (TPSA) is 104 Å². The molecular weight excluding hydrogens is 186 g/mol. The molecule has 14 heavy (non-hydrogen) atoms. The molecule has 0 fully saturated rings. The maximum Gasteiger partial charge on any atom is 0.320 e. The summed E-state index contributed by atoms with van der Waals surface area (Å²) < 4.78 is 0. The number of amides is 2. The maximum absolute atomic E-state index is 10.7. The molecule has 0 spiro atoms. The summed E-state index contributed by atoms with van der Waals surface area (Å²) in [6.07, 6.45) is 1.86. The molecule has 0 aromatic rings. The minimum atomic E-state index is -0.982. The van der Waals surface area contributed by atoms with Crippen LogP contribution in [0.1, 0.15) is 19.3 Å². The minimum absolute atomic E-state index is 0.229. The monoisotopic (exact) mass is 203 g/mol. The second-order valence-corrected chi connectivity index (χ2v) is 2.95. The number of carboxylic acid groups (broad SMARTS) is 1. The smallest absolute Gasteiger partial charge is 0.320 e. The number of carbonyl (C=O) groups is 2. The quantitative estimate of drug-likeness (QED) is 0.437. The van der Waals surface area contributed by atoms with Gasteiger partial charge in [0.05, 0.1) is 0 Å². The predicted molar refractivity (Wildman–Crippen MR) is 51.9 cm³/mol. The van der Waals surface area contributed by atoms with Crippen LogP contribution in [-0.2, 0) is 4.79 Å². The number of nitrogens with one attached hydrogen (secondary N) is 2. The number of urea groups is 1. The number of carboxylic acids is 1. The van der Waals surface area contributed by atoms with E-state index in [0.717, 1.165) is 6.42 Å². The average molecular weight is 203 g/mol. The van der Waals surface area contributed by atoms with Crippen molar-refractivity contribution in [2.45, 2.75) is 25.3 Å². The fraction of sp³-hybridized carbons (Fsp3) is 0.750. The summed E-state index contributed by atoms with van der Waals surface area (Å²) in [7, 11) is 1.54. The van der Waals surface area contributed by atoms with Crippen LogP contribution in [-0.4, -0.2) is 36.7 Å². The molecule has 0 bridgehead atoms. The number of carbonyl (C=O) groups excluding carboxylic acids is 1. The van der Waals surface area contributed by atoms with Crippen molar-refractivity contribution in [3.63, 3.8) is 0 Å². The van der Waals surface area contributed by atoms with Gasteiger partial charge in [0.25, 0.3) is 0 Å². The zero-order chi connectivity index (χ0) is 11.0. The SMILES string of the molecule is CNC(=O)NCCCC[C@H](N)C(=O)O. The Labute approximate surface area is 82.9 Å². The van der Waals surface area contributed by atoms with E-state index >= 15 is 0 Å². The molecule has 6 heteroatoms. The molecule has 0 aliphatic heterocycles. The first-order chi connectivity index (χ1) is 6.57. The first kappa shape index (κ1) is 12.7. The summed E-state index contributed by atoms with van der Waals surface area (Å²) in [5.74, 6) is -0.982. The van der Waals surface area contributed by atoms with Gasteiger partial charge in [-0.1, -0.05) is 0 Å². The highest BCUT2D eigenvalue weighted by atomic mass is 16.4. The van der Waals surface area contributed by atoms with Gasteiger partial charge >= 0.3 is 12.0 Å². The maximum atomic E-state index is 10.7. The molecule has 0 saturated heterocycles. The molecule has 0 unspecified atom stereocenters. The van der Waals surface area contributed by atoms with Crippen LogP contribution < -0.4 is 16.4 Å². The molecule has 0 heterocycles. The van der Waals surface area contributed by atoms with E-state index in [-0.39, 0.29) is 6.03 Å². The van der Waals surface area contributed by atoms with E-state index in [4.69, 9.17) is 10.8 Å². The number of nitrogens with two attached hydrogens (primary N) is 1. The van der Waals surface area contributed by atoms with Crippen molar-refractivity contribution in [3.8, 4) is 0 Å². The van der Waals surface area contributed by atoms with Crippen LogP contribution in [0.25, 0.3) is 0 Å². The number of hydrogen-bond donors (Lipinski definition) is 4. The second kappa shape index (κ2) is 7.14. The summed E-state index contributed by atoms with van der Waals surface area (Å²) in [6.45, 7) is 0.534. The molecule has 6 nitrogen and oxygen atoms in total. The van der Waals surface area contributed by atoms with Crippen molar-refractivity contribution < 1.29 is 14.7 Å². The molecule has 0 aromatic carbocycles. The predicted octanol–water partition coefficient (Wildman–Crippen LogP) is -0.502. The summed E-state index contributed by atoms with van der Waals surface area (Å²) in [6, 6.07) is -1.03. The fourth-order valence-electron chi connectivity index (χ4n) is 0.903. The largest absolute Gasteiger partial charge is 0.480 e. The van der Waals surface area contributed by atoms with Crippen molar-refractivity contribution in [1.82, 2.24) is 10.6 Å². The number of rotatable bonds is 6. The fourth-order valence-corrected chi connectivity index (χ4v) is 0.903. The Bertz CT molecular complexity index is 196. The highest BCUT2D eigenvalue weighted by molar-refractivity contribution is 5.73. The third kappa shape index (κ3) is 6.24. The highest BCUT2D eigenvalue weighted by Gasteiger charge is 2.09. The Hall–Kier alpha value is -1.30. The van der Waals surface area contributed by atoms with Crippen molar-refractivity contribution in [3.05, 3.63) is 0 Å². The van der Waals surface area contributed by atoms with Gasteiger partial charge in [-0.3, -0.25) is 4.79 Å². The minimum Gasteiger partial charge on any atom is -0.480 e. The van der Waals surface area contributed by atoms with Gasteiger partial charge in [-0.15, -0.1) is 0 Å². The third-order valence-corrected chi connectivity index (χ3v) is 1.77. The van der Waals surface area contributed by atoms with Gasteiger partial charge in [0.15, 0.2) is 0 Å². The van der Waals surface area contributed by atoms with Crippen molar-refractivity contribution in [2.24, 2.45) is 5.73 Å². The molecule has 0 rings (SSSR count). The Morgan fingerprint density at radius 1 is 1.43 bits per heavy atom. The first-order valence-electron chi connectivity index (χ1n) is 4.52. The zero-order valence-corrected chi connectivity index (χ0v) is 8.25. The molecule has 0 aromatic heterocycles. The Morgan fingerprint density at radius 2 is 2.07 bits per heavy atom. The lowest BCUT2D eigenvalue weighted by Crippen LogP contribution is -2.33. The Morgan fingerprint density at radius 3 is 2.57 bits per heavy atom. The van der Waals surface area contributed by atoms with Gasteiger partial charge in [0, 0.05) is 13.6 Å². The van der Waals surface area contributed by atoms with Gasteiger partial charge in [-0.2, -0.15) is 0 Å². The van der Waals surface area contributed by atoms with Gasteiger partial charge < -0.3 is 21.5 Å². The normalized spacial score (nSPS) is 11.9.